The maximum atomic E-state index is 12.5. The second-order valence-electron chi connectivity index (χ2n) is 5.21. The monoisotopic (exact) mass is 425 g/mol. The third-order valence-corrected chi connectivity index (χ3v) is 4.55. The number of halogens is 1. The minimum atomic E-state index is -0.439. The molecule has 2 rings (SSSR count). The summed E-state index contributed by atoms with van der Waals surface area (Å²) in [6.07, 6.45) is 0.821. The van der Waals surface area contributed by atoms with Crippen LogP contribution < -0.4 is 5.32 Å². The number of amides is 2. The highest BCUT2D eigenvalue weighted by Gasteiger charge is 2.17. The zero-order valence-electron chi connectivity index (χ0n) is 14.1. The average Bonchev–Trinajstić information content (AvgIpc) is 3.03. The molecule has 0 saturated heterocycles. The molecule has 25 heavy (non-hydrogen) atoms. The van der Waals surface area contributed by atoms with Gasteiger partial charge in [0.15, 0.2) is 5.69 Å². The van der Waals surface area contributed by atoms with E-state index in [1.165, 1.54) is 11.3 Å². The molecule has 8 heteroatoms. The molecule has 0 fully saturated rings. The van der Waals surface area contributed by atoms with Crippen molar-refractivity contribution in [3.63, 3.8) is 0 Å². The molecule has 6 nitrogen and oxygen atoms in total. The van der Waals surface area contributed by atoms with Gasteiger partial charge in [0, 0.05) is 22.1 Å². The molecule has 1 aromatic heterocycles. The molecule has 0 spiro atoms. The number of aromatic nitrogens is 1. The van der Waals surface area contributed by atoms with E-state index in [-0.39, 0.29) is 11.7 Å². The fraction of sp³-hybridized carbons (Fsp3) is 0.353. The van der Waals surface area contributed by atoms with Crippen molar-refractivity contribution in [1.29, 1.82) is 0 Å². The molecule has 2 aromatic rings. The largest absolute Gasteiger partial charge is 0.461 e. The predicted octanol–water partition coefficient (Wildman–Crippen LogP) is 4.53. The number of anilines is 1. The van der Waals surface area contributed by atoms with E-state index in [1.54, 1.807) is 17.2 Å². The molecule has 0 atom stereocenters. The summed E-state index contributed by atoms with van der Waals surface area (Å²) in [5.74, 6) is -0.439. The van der Waals surface area contributed by atoms with Crippen LogP contribution in [0.4, 0.5) is 10.5 Å². The van der Waals surface area contributed by atoms with Crippen LogP contribution in [0.2, 0.25) is 0 Å². The summed E-state index contributed by atoms with van der Waals surface area (Å²) in [6.45, 7) is 5.00. The molecule has 134 valence electrons. The lowest BCUT2D eigenvalue weighted by Crippen LogP contribution is -2.35. The maximum Gasteiger partial charge on any atom is 0.357 e. The summed E-state index contributed by atoms with van der Waals surface area (Å²) in [5.41, 5.74) is 0.998. The minimum Gasteiger partial charge on any atom is -0.461 e. The van der Waals surface area contributed by atoms with Gasteiger partial charge < -0.3 is 15.0 Å². The van der Waals surface area contributed by atoms with Gasteiger partial charge in [-0.1, -0.05) is 28.9 Å². The van der Waals surface area contributed by atoms with Gasteiger partial charge in [-0.3, -0.25) is 0 Å². The SMILES string of the molecule is CCCN(Cc1nc(C(=O)OCC)cs1)C(=O)Nc1cccc(Br)c1. The van der Waals surface area contributed by atoms with E-state index in [0.29, 0.717) is 30.4 Å². The summed E-state index contributed by atoms with van der Waals surface area (Å²) in [4.78, 5) is 30.2. The number of nitrogens with one attached hydrogen (secondary N) is 1. The number of rotatable bonds is 7. The van der Waals surface area contributed by atoms with Gasteiger partial charge in [0.25, 0.3) is 0 Å². The fourth-order valence-electron chi connectivity index (χ4n) is 2.14. The highest BCUT2D eigenvalue weighted by molar-refractivity contribution is 9.10. The molecule has 1 heterocycles. The molecular formula is C17H20BrN3O3S. The Bertz CT molecular complexity index is 735. The van der Waals surface area contributed by atoms with Crippen LogP contribution in [0.1, 0.15) is 35.8 Å². The van der Waals surface area contributed by atoms with Crippen molar-refractivity contribution in [2.24, 2.45) is 0 Å². The zero-order valence-corrected chi connectivity index (χ0v) is 16.5. The number of carbonyl (C=O) groups is 2. The zero-order chi connectivity index (χ0) is 18.2. The Labute approximate surface area is 159 Å². The standard InChI is InChI=1S/C17H20BrN3O3S/c1-3-8-21(17(23)19-13-7-5-6-12(18)9-13)10-15-20-14(11-25-15)16(22)24-4-2/h5-7,9,11H,3-4,8,10H2,1-2H3,(H,19,23). The van der Waals surface area contributed by atoms with Crippen LogP contribution in [-0.4, -0.2) is 35.0 Å². The number of benzene rings is 1. The summed E-state index contributed by atoms with van der Waals surface area (Å²) in [7, 11) is 0. The number of ether oxygens (including phenoxy) is 1. The van der Waals surface area contributed by atoms with E-state index in [4.69, 9.17) is 4.74 Å². The molecular weight excluding hydrogens is 406 g/mol. The van der Waals surface area contributed by atoms with E-state index in [0.717, 1.165) is 10.9 Å². The van der Waals surface area contributed by atoms with Crippen molar-refractivity contribution in [3.8, 4) is 0 Å². The molecule has 0 bridgehead atoms. The van der Waals surface area contributed by atoms with Gasteiger partial charge in [0.2, 0.25) is 0 Å². The smallest absolute Gasteiger partial charge is 0.357 e. The fourth-order valence-corrected chi connectivity index (χ4v) is 3.31. The number of esters is 1. The lowest BCUT2D eigenvalue weighted by molar-refractivity contribution is 0.0520. The van der Waals surface area contributed by atoms with Crippen LogP contribution in [0, 0.1) is 0 Å². The number of thiazole rings is 1. The summed E-state index contributed by atoms with van der Waals surface area (Å²) < 4.78 is 5.83. The highest BCUT2D eigenvalue weighted by Crippen LogP contribution is 2.18. The van der Waals surface area contributed by atoms with Crippen molar-refractivity contribution in [2.75, 3.05) is 18.5 Å². The molecule has 0 aliphatic carbocycles. The van der Waals surface area contributed by atoms with Crippen molar-refractivity contribution in [3.05, 3.63) is 44.8 Å². The first kappa shape index (κ1) is 19.4. The number of hydrogen-bond donors (Lipinski definition) is 1. The molecule has 0 radical (unpaired) electrons. The summed E-state index contributed by atoms with van der Waals surface area (Å²) in [5, 5.41) is 5.23. The quantitative estimate of drug-likeness (QED) is 0.661. The number of nitrogens with zero attached hydrogens (tertiary/aromatic N) is 2. The van der Waals surface area contributed by atoms with Crippen molar-refractivity contribution >= 4 is 45.0 Å². The first-order valence-electron chi connectivity index (χ1n) is 7.96. The Balaban J connectivity index is 2.04. The number of carbonyl (C=O) groups excluding carboxylic acids is 2. The highest BCUT2D eigenvalue weighted by atomic mass is 79.9. The Morgan fingerprint density at radius 3 is 2.84 bits per heavy atom. The van der Waals surface area contributed by atoms with Gasteiger partial charge >= 0.3 is 12.0 Å². The lowest BCUT2D eigenvalue weighted by atomic mass is 10.3. The summed E-state index contributed by atoms with van der Waals surface area (Å²) >= 11 is 4.73. The molecule has 0 saturated carbocycles. The van der Waals surface area contributed by atoms with Gasteiger partial charge in [-0.05, 0) is 31.5 Å². The normalized spacial score (nSPS) is 10.4. The van der Waals surface area contributed by atoms with Crippen LogP contribution in [0.5, 0.6) is 0 Å². The Morgan fingerprint density at radius 2 is 2.16 bits per heavy atom. The van der Waals surface area contributed by atoms with E-state index >= 15 is 0 Å². The molecule has 0 unspecified atom stereocenters. The molecule has 0 aliphatic heterocycles. The molecule has 0 aliphatic rings. The van der Waals surface area contributed by atoms with Gasteiger partial charge in [-0.15, -0.1) is 11.3 Å². The van der Waals surface area contributed by atoms with E-state index in [2.05, 4.69) is 26.2 Å². The van der Waals surface area contributed by atoms with Crippen LogP contribution >= 0.6 is 27.3 Å². The Morgan fingerprint density at radius 1 is 1.36 bits per heavy atom. The lowest BCUT2D eigenvalue weighted by Gasteiger charge is -2.21. The second kappa shape index (κ2) is 9.53. The van der Waals surface area contributed by atoms with Crippen LogP contribution in [-0.2, 0) is 11.3 Å². The Kier molecular flexibility index (Phi) is 7.39. The number of hydrogen-bond acceptors (Lipinski definition) is 5. The van der Waals surface area contributed by atoms with Gasteiger partial charge in [0.1, 0.15) is 5.01 Å². The Hall–Kier alpha value is -1.93. The molecule has 2 amide bonds. The minimum absolute atomic E-state index is 0.201. The van der Waals surface area contributed by atoms with Gasteiger partial charge in [0.05, 0.1) is 13.2 Å². The molecule has 1 N–H and O–H groups in total. The van der Waals surface area contributed by atoms with Crippen molar-refractivity contribution < 1.29 is 14.3 Å². The van der Waals surface area contributed by atoms with Crippen LogP contribution in [0.3, 0.4) is 0 Å². The first-order valence-corrected chi connectivity index (χ1v) is 9.63. The number of urea groups is 1. The third-order valence-electron chi connectivity index (χ3n) is 3.22. The van der Waals surface area contributed by atoms with Crippen LogP contribution in [0.25, 0.3) is 0 Å². The van der Waals surface area contributed by atoms with Gasteiger partial charge in [-0.2, -0.15) is 0 Å². The summed E-state index contributed by atoms with van der Waals surface area (Å²) in [6, 6.07) is 7.22. The van der Waals surface area contributed by atoms with Crippen LogP contribution in [0.15, 0.2) is 34.1 Å². The average molecular weight is 426 g/mol. The molecule has 1 aromatic carbocycles. The van der Waals surface area contributed by atoms with E-state index < -0.39 is 5.97 Å². The predicted molar refractivity (Wildman–Crippen MR) is 102 cm³/mol. The van der Waals surface area contributed by atoms with Crippen molar-refractivity contribution in [1.82, 2.24) is 9.88 Å². The second-order valence-corrected chi connectivity index (χ2v) is 7.07. The van der Waals surface area contributed by atoms with E-state index in [1.807, 2.05) is 31.2 Å². The third kappa shape index (κ3) is 5.82. The topological polar surface area (TPSA) is 71.5 Å². The van der Waals surface area contributed by atoms with E-state index in [9.17, 15) is 9.59 Å². The maximum absolute atomic E-state index is 12.5. The van der Waals surface area contributed by atoms with Gasteiger partial charge in [-0.25, -0.2) is 14.6 Å². The first-order chi connectivity index (χ1) is 12.0. The van der Waals surface area contributed by atoms with Crippen molar-refractivity contribution in [2.45, 2.75) is 26.8 Å².